The summed E-state index contributed by atoms with van der Waals surface area (Å²) in [5, 5.41) is 11.1. The summed E-state index contributed by atoms with van der Waals surface area (Å²) in [6.45, 7) is 7.34. The first-order chi connectivity index (χ1) is 15.8. The van der Waals surface area contributed by atoms with Gasteiger partial charge in [0.2, 0.25) is 0 Å². The van der Waals surface area contributed by atoms with Gasteiger partial charge in [0.15, 0.2) is 0 Å². The van der Waals surface area contributed by atoms with E-state index in [2.05, 4.69) is 6.92 Å². The highest BCUT2D eigenvalue weighted by molar-refractivity contribution is 6.45. The lowest BCUT2D eigenvalue weighted by Crippen LogP contribution is -2.39. The number of nitrogens with zero attached hydrogens (tertiary/aromatic N) is 3. The summed E-state index contributed by atoms with van der Waals surface area (Å²) in [7, 11) is 0. The molecule has 8 heteroatoms. The van der Waals surface area contributed by atoms with Gasteiger partial charge in [0, 0.05) is 25.2 Å². The lowest BCUT2D eigenvalue weighted by Gasteiger charge is -2.33. The van der Waals surface area contributed by atoms with Gasteiger partial charge in [-0.2, -0.15) is 0 Å². The maximum absolute atomic E-state index is 13.6. The molecule has 33 heavy (non-hydrogen) atoms. The lowest BCUT2D eigenvalue weighted by molar-refractivity contribution is -0.384. The molecule has 4 rings (SSSR count). The number of nitro benzene ring substituents is 1. The number of non-ortho nitro benzene ring substituents is 1. The second-order valence-electron chi connectivity index (χ2n) is 8.83. The number of benzene rings is 2. The molecule has 0 radical (unpaired) electrons. The van der Waals surface area contributed by atoms with Crippen molar-refractivity contribution in [1.82, 2.24) is 4.90 Å². The van der Waals surface area contributed by atoms with Gasteiger partial charge in [-0.25, -0.2) is 4.90 Å². The summed E-state index contributed by atoms with van der Waals surface area (Å²) in [5.74, 6) is 0.245. The number of likely N-dealkylation sites (tertiary alicyclic amines) is 1. The van der Waals surface area contributed by atoms with Gasteiger partial charge < -0.3 is 9.64 Å². The minimum atomic E-state index is -0.486. The number of hydrogen-bond donors (Lipinski definition) is 0. The van der Waals surface area contributed by atoms with Crippen LogP contribution in [0.15, 0.2) is 54.2 Å². The fourth-order valence-corrected chi connectivity index (χ4v) is 4.39. The highest BCUT2D eigenvalue weighted by atomic mass is 16.6. The van der Waals surface area contributed by atoms with Gasteiger partial charge in [-0.1, -0.05) is 6.92 Å². The number of amides is 2. The van der Waals surface area contributed by atoms with Crippen LogP contribution in [0, 0.1) is 16.0 Å². The predicted molar refractivity (Wildman–Crippen MR) is 125 cm³/mol. The van der Waals surface area contributed by atoms with Crippen LogP contribution in [0.25, 0.3) is 5.57 Å². The van der Waals surface area contributed by atoms with E-state index < -0.39 is 10.8 Å². The zero-order chi connectivity index (χ0) is 23.7. The molecule has 1 unspecified atom stereocenters. The second-order valence-corrected chi connectivity index (χ2v) is 8.83. The van der Waals surface area contributed by atoms with Crippen molar-refractivity contribution in [3.05, 3.63) is 69.9 Å². The summed E-state index contributed by atoms with van der Waals surface area (Å²) in [5.41, 5.74) is 1.53. The number of hydrogen-bond acceptors (Lipinski definition) is 6. The quantitative estimate of drug-likeness (QED) is 0.369. The van der Waals surface area contributed by atoms with E-state index in [-0.39, 0.29) is 23.3 Å². The van der Waals surface area contributed by atoms with Crippen LogP contribution in [0.4, 0.5) is 11.4 Å². The predicted octanol–water partition coefficient (Wildman–Crippen LogP) is 4.40. The molecule has 2 aliphatic heterocycles. The van der Waals surface area contributed by atoms with Crippen molar-refractivity contribution in [3.8, 4) is 5.75 Å². The average Bonchev–Trinajstić information content (AvgIpc) is 3.04. The topological polar surface area (TPSA) is 93.0 Å². The minimum absolute atomic E-state index is 0.00833. The molecule has 2 aliphatic rings. The van der Waals surface area contributed by atoms with Crippen molar-refractivity contribution in [2.24, 2.45) is 5.92 Å². The molecule has 172 valence electrons. The van der Waals surface area contributed by atoms with Crippen LogP contribution < -0.4 is 9.64 Å². The van der Waals surface area contributed by atoms with Crippen molar-refractivity contribution >= 4 is 28.8 Å². The molecule has 0 aromatic heterocycles. The van der Waals surface area contributed by atoms with Crippen LogP contribution in [0.3, 0.4) is 0 Å². The number of carbonyl (C=O) groups is 2. The number of carbonyl (C=O) groups excluding carboxylic acids is 2. The van der Waals surface area contributed by atoms with Crippen molar-refractivity contribution in [1.29, 1.82) is 0 Å². The molecule has 0 N–H and O–H groups in total. The molecule has 2 aromatic carbocycles. The SMILES string of the molecule is CC1CCCN(C2=C(c3ccc([N+](=O)[O-])cc3)C(=O)N(c3ccc(OC(C)C)cc3)C2=O)C1. The van der Waals surface area contributed by atoms with E-state index in [4.69, 9.17) is 4.74 Å². The Hall–Kier alpha value is -3.68. The van der Waals surface area contributed by atoms with Gasteiger partial charge in [0.05, 0.1) is 22.3 Å². The van der Waals surface area contributed by atoms with Gasteiger partial charge in [0.25, 0.3) is 17.5 Å². The Morgan fingerprint density at radius 3 is 2.27 bits per heavy atom. The van der Waals surface area contributed by atoms with Crippen molar-refractivity contribution in [3.63, 3.8) is 0 Å². The zero-order valence-electron chi connectivity index (χ0n) is 19.0. The third-order valence-corrected chi connectivity index (χ3v) is 5.87. The van der Waals surface area contributed by atoms with E-state index in [9.17, 15) is 19.7 Å². The van der Waals surface area contributed by atoms with E-state index in [1.165, 1.54) is 29.2 Å². The molecule has 1 saturated heterocycles. The van der Waals surface area contributed by atoms with Gasteiger partial charge >= 0.3 is 0 Å². The maximum Gasteiger partial charge on any atom is 0.282 e. The standard InChI is InChI=1S/C25H27N3O5/c1-16(2)33-21-12-10-19(11-13-21)27-24(29)22(18-6-8-20(9-7-18)28(31)32)23(25(27)30)26-14-4-5-17(3)15-26/h6-13,16-17H,4-5,14-15H2,1-3H3. The minimum Gasteiger partial charge on any atom is -0.491 e. The molecule has 0 bridgehead atoms. The Bertz CT molecular complexity index is 1110. The van der Waals surface area contributed by atoms with Crippen LogP contribution in [-0.2, 0) is 9.59 Å². The normalized spacial score (nSPS) is 19.0. The smallest absolute Gasteiger partial charge is 0.282 e. The molecule has 2 amide bonds. The molecule has 0 aliphatic carbocycles. The van der Waals surface area contributed by atoms with Crippen LogP contribution in [0.2, 0.25) is 0 Å². The summed E-state index contributed by atoms with van der Waals surface area (Å²) < 4.78 is 5.67. The van der Waals surface area contributed by atoms with E-state index in [1.807, 2.05) is 18.7 Å². The molecule has 1 atom stereocenters. The first-order valence-corrected chi connectivity index (χ1v) is 11.2. The number of imide groups is 1. The van der Waals surface area contributed by atoms with Gasteiger partial charge in [-0.3, -0.25) is 19.7 Å². The summed E-state index contributed by atoms with van der Waals surface area (Å²) in [4.78, 5) is 41.0. The second kappa shape index (κ2) is 9.05. The third kappa shape index (κ3) is 4.46. The molecule has 8 nitrogen and oxygen atoms in total. The van der Waals surface area contributed by atoms with Crippen molar-refractivity contribution < 1.29 is 19.2 Å². The third-order valence-electron chi connectivity index (χ3n) is 5.87. The van der Waals surface area contributed by atoms with Crippen LogP contribution >= 0.6 is 0 Å². The van der Waals surface area contributed by atoms with Crippen LogP contribution in [0.5, 0.6) is 5.75 Å². The van der Waals surface area contributed by atoms with Crippen molar-refractivity contribution in [2.75, 3.05) is 18.0 Å². The number of rotatable bonds is 6. The molecule has 2 heterocycles. The zero-order valence-corrected chi connectivity index (χ0v) is 19.0. The summed E-state index contributed by atoms with van der Waals surface area (Å²) >= 11 is 0. The van der Waals surface area contributed by atoms with Crippen LogP contribution in [-0.4, -0.2) is 40.8 Å². The summed E-state index contributed by atoms with van der Waals surface area (Å²) in [6.07, 6.45) is 2.01. The van der Waals surface area contributed by atoms with Gasteiger partial charge in [0.1, 0.15) is 11.4 Å². The Kier molecular flexibility index (Phi) is 6.18. The average molecular weight is 450 g/mol. The number of ether oxygens (including phenoxy) is 1. The molecular formula is C25H27N3O5. The first kappa shape index (κ1) is 22.5. The Balaban J connectivity index is 1.74. The molecule has 1 fully saturated rings. The van der Waals surface area contributed by atoms with Gasteiger partial charge in [-0.05, 0) is 74.6 Å². The highest BCUT2D eigenvalue weighted by Crippen LogP contribution is 2.37. The first-order valence-electron chi connectivity index (χ1n) is 11.2. The van der Waals surface area contributed by atoms with E-state index in [1.54, 1.807) is 24.3 Å². The monoisotopic (exact) mass is 449 g/mol. The molecular weight excluding hydrogens is 422 g/mol. The molecule has 0 saturated carbocycles. The molecule has 2 aromatic rings. The maximum atomic E-state index is 13.6. The fraction of sp³-hybridized carbons (Fsp3) is 0.360. The Morgan fingerprint density at radius 2 is 1.70 bits per heavy atom. The number of anilines is 1. The Morgan fingerprint density at radius 1 is 1.03 bits per heavy atom. The fourth-order valence-electron chi connectivity index (χ4n) is 4.39. The largest absolute Gasteiger partial charge is 0.491 e. The Labute approximate surface area is 192 Å². The summed E-state index contributed by atoms with van der Waals surface area (Å²) in [6, 6.07) is 12.7. The highest BCUT2D eigenvalue weighted by Gasteiger charge is 2.43. The van der Waals surface area contributed by atoms with Crippen molar-refractivity contribution in [2.45, 2.75) is 39.7 Å². The van der Waals surface area contributed by atoms with Gasteiger partial charge in [-0.15, -0.1) is 0 Å². The van der Waals surface area contributed by atoms with E-state index in [0.717, 1.165) is 12.8 Å². The lowest BCUT2D eigenvalue weighted by atomic mass is 9.97. The number of piperidine rings is 1. The van der Waals surface area contributed by atoms with E-state index >= 15 is 0 Å². The van der Waals surface area contributed by atoms with E-state index in [0.29, 0.717) is 41.7 Å². The van der Waals surface area contributed by atoms with Crippen LogP contribution in [0.1, 0.15) is 39.2 Å². The molecule has 0 spiro atoms. The number of nitro groups is 1.